The van der Waals surface area contributed by atoms with Crippen LogP contribution >= 0.6 is 8.77 Å². The molecule has 0 radical (unpaired) electrons. The molecule has 0 amide bonds. The third-order valence-corrected chi connectivity index (χ3v) is 0.850. The molecule has 0 aromatic carbocycles. The summed E-state index contributed by atoms with van der Waals surface area (Å²) in [6.45, 7) is 3.83. The molecule has 0 spiro atoms. The van der Waals surface area contributed by atoms with Crippen LogP contribution in [0.2, 0.25) is 0 Å². The molecule has 0 fully saturated rings. The summed E-state index contributed by atoms with van der Waals surface area (Å²) in [6, 6.07) is 0. The largest absolute Gasteiger partial charge is 0.415 e. The van der Waals surface area contributed by atoms with Gasteiger partial charge in [-0.1, -0.05) is 13.8 Å². The summed E-state index contributed by atoms with van der Waals surface area (Å²) in [6.07, 6.45) is 0. The van der Waals surface area contributed by atoms with E-state index in [1.54, 1.807) is 0 Å². The maximum absolute atomic E-state index is 11.2. The molecule has 0 aliphatic carbocycles. The highest BCUT2D eigenvalue weighted by Gasteiger charge is 2.04. The minimum Gasteiger partial charge on any atom is -0.305 e. The van der Waals surface area contributed by atoms with Gasteiger partial charge >= 0.3 is 8.77 Å². The molecule has 50 valence electrons. The smallest absolute Gasteiger partial charge is 0.305 e. The summed E-state index contributed by atoms with van der Waals surface area (Å²) in [4.78, 5) is 0. The Labute approximate surface area is 49.1 Å². The van der Waals surface area contributed by atoms with Crippen LogP contribution in [0.1, 0.15) is 13.8 Å². The lowest BCUT2D eigenvalue weighted by molar-refractivity contribution is 0.266. The number of hydrogen-bond donors (Lipinski definition) is 0. The van der Waals surface area contributed by atoms with E-state index in [1.165, 1.54) is 0 Å². The quantitative estimate of drug-likeness (QED) is 0.550. The van der Waals surface area contributed by atoms with Gasteiger partial charge in [0.15, 0.2) is 0 Å². The van der Waals surface area contributed by atoms with Crippen LogP contribution in [0.25, 0.3) is 0 Å². The average molecular weight is 142 g/mol. The predicted octanol–water partition coefficient (Wildman–Crippen LogP) is 2.82. The summed E-state index contributed by atoms with van der Waals surface area (Å²) in [5.41, 5.74) is 0. The Hall–Kier alpha value is 0.250. The van der Waals surface area contributed by atoms with Gasteiger partial charge in [0.2, 0.25) is 0 Å². The Kier molecular flexibility index (Phi) is 4.29. The van der Waals surface area contributed by atoms with Crippen molar-refractivity contribution < 1.29 is 12.9 Å². The van der Waals surface area contributed by atoms with Crippen molar-refractivity contribution in [2.75, 3.05) is 6.61 Å². The first-order chi connectivity index (χ1) is 3.63. The molecule has 1 nitrogen and oxygen atoms in total. The van der Waals surface area contributed by atoms with Crippen LogP contribution in [0.5, 0.6) is 0 Å². The molecule has 0 aromatic rings. The summed E-state index contributed by atoms with van der Waals surface area (Å²) >= 11 is 0. The molecule has 0 saturated carbocycles. The zero-order valence-electron chi connectivity index (χ0n) is 4.90. The molecule has 0 aromatic heterocycles. The second-order valence-electron chi connectivity index (χ2n) is 1.89. The zero-order valence-corrected chi connectivity index (χ0v) is 5.79. The monoisotopic (exact) mass is 142 g/mol. The van der Waals surface area contributed by atoms with Crippen molar-refractivity contribution in [3.63, 3.8) is 0 Å². The molecule has 0 heterocycles. The van der Waals surface area contributed by atoms with Crippen molar-refractivity contribution in [1.82, 2.24) is 0 Å². The first kappa shape index (κ1) is 8.25. The summed E-state index contributed by atoms with van der Waals surface area (Å²) in [5, 5.41) is 0. The fourth-order valence-corrected chi connectivity index (χ4v) is 0.616. The van der Waals surface area contributed by atoms with E-state index in [4.69, 9.17) is 0 Å². The maximum atomic E-state index is 11.2. The van der Waals surface area contributed by atoms with Gasteiger partial charge in [0.05, 0.1) is 6.61 Å². The minimum absolute atomic E-state index is 0.165. The highest BCUT2D eigenvalue weighted by atomic mass is 31.2. The lowest BCUT2D eigenvalue weighted by Gasteiger charge is -2.01. The highest BCUT2D eigenvalue weighted by Crippen LogP contribution is 2.39. The average Bonchev–Trinajstić information content (AvgIpc) is 1.61. The second-order valence-corrected chi connectivity index (χ2v) is 2.55. The molecule has 8 heavy (non-hydrogen) atoms. The van der Waals surface area contributed by atoms with E-state index >= 15 is 0 Å². The van der Waals surface area contributed by atoms with E-state index in [-0.39, 0.29) is 12.5 Å². The molecular formula is C4H9F2OP. The maximum Gasteiger partial charge on any atom is 0.415 e. The van der Waals surface area contributed by atoms with Crippen molar-refractivity contribution in [2.45, 2.75) is 13.8 Å². The predicted molar refractivity (Wildman–Crippen MR) is 29.9 cm³/mol. The van der Waals surface area contributed by atoms with Gasteiger partial charge in [-0.15, -0.1) is 0 Å². The highest BCUT2D eigenvalue weighted by molar-refractivity contribution is 7.40. The number of halogens is 2. The first-order valence-electron chi connectivity index (χ1n) is 2.37. The van der Waals surface area contributed by atoms with Crippen LogP contribution in [-0.2, 0) is 4.52 Å². The van der Waals surface area contributed by atoms with Gasteiger partial charge in [-0.05, 0) is 5.92 Å². The van der Waals surface area contributed by atoms with Crippen LogP contribution in [0, 0.1) is 5.92 Å². The lowest BCUT2D eigenvalue weighted by Crippen LogP contribution is -1.94. The number of hydrogen-bond acceptors (Lipinski definition) is 1. The van der Waals surface area contributed by atoms with Crippen molar-refractivity contribution >= 4 is 8.77 Å². The van der Waals surface area contributed by atoms with Gasteiger partial charge in [-0.25, -0.2) is 0 Å². The summed E-state index contributed by atoms with van der Waals surface area (Å²) < 4.78 is 26.5. The summed E-state index contributed by atoms with van der Waals surface area (Å²) in [7, 11) is -3.13. The fraction of sp³-hybridized carbons (Fsp3) is 1.00. The third kappa shape index (κ3) is 6.25. The molecule has 0 rings (SSSR count). The van der Waals surface area contributed by atoms with Crippen LogP contribution in [0.4, 0.5) is 8.39 Å². The Morgan fingerprint density at radius 3 is 2.12 bits per heavy atom. The van der Waals surface area contributed by atoms with Gasteiger partial charge in [-0.3, -0.25) is 0 Å². The zero-order chi connectivity index (χ0) is 6.57. The van der Waals surface area contributed by atoms with Crippen molar-refractivity contribution in [1.29, 1.82) is 0 Å². The molecule has 0 bridgehead atoms. The molecule has 0 aliphatic heterocycles. The Morgan fingerprint density at radius 1 is 1.50 bits per heavy atom. The van der Waals surface area contributed by atoms with Gasteiger partial charge in [0.1, 0.15) is 0 Å². The molecule has 0 atom stereocenters. The Morgan fingerprint density at radius 2 is 2.00 bits per heavy atom. The number of rotatable bonds is 3. The SMILES string of the molecule is CC(C)COP(F)F. The standard InChI is InChI=1S/C4H9F2OP/c1-4(2)3-7-8(5)6/h4H,3H2,1-2H3. The Balaban J connectivity index is 2.93. The normalized spacial score (nSPS) is 11.2. The molecule has 4 heteroatoms. The molecule has 0 saturated heterocycles. The van der Waals surface area contributed by atoms with E-state index in [0.29, 0.717) is 0 Å². The lowest BCUT2D eigenvalue weighted by atomic mass is 10.2. The van der Waals surface area contributed by atoms with Crippen LogP contribution < -0.4 is 0 Å². The fourth-order valence-electron chi connectivity index (χ4n) is 0.205. The van der Waals surface area contributed by atoms with Crippen molar-refractivity contribution in [2.24, 2.45) is 5.92 Å². The van der Waals surface area contributed by atoms with Crippen molar-refractivity contribution in [3.8, 4) is 0 Å². The molecule has 0 unspecified atom stereocenters. The van der Waals surface area contributed by atoms with E-state index in [9.17, 15) is 8.39 Å². The minimum atomic E-state index is -3.13. The second kappa shape index (κ2) is 4.16. The topological polar surface area (TPSA) is 9.23 Å². The molecular weight excluding hydrogens is 133 g/mol. The van der Waals surface area contributed by atoms with E-state index in [1.807, 2.05) is 13.8 Å². The first-order valence-corrected chi connectivity index (χ1v) is 3.41. The molecule has 0 aliphatic rings. The van der Waals surface area contributed by atoms with E-state index in [0.717, 1.165) is 0 Å². The third-order valence-electron chi connectivity index (χ3n) is 0.505. The van der Waals surface area contributed by atoms with Crippen LogP contribution in [0.15, 0.2) is 0 Å². The Bertz CT molecular complexity index is 50.0. The van der Waals surface area contributed by atoms with Gasteiger partial charge < -0.3 is 4.52 Å². The van der Waals surface area contributed by atoms with Gasteiger partial charge in [-0.2, -0.15) is 8.39 Å². The van der Waals surface area contributed by atoms with Crippen LogP contribution in [-0.4, -0.2) is 6.61 Å². The van der Waals surface area contributed by atoms with Gasteiger partial charge in [0.25, 0.3) is 0 Å². The van der Waals surface area contributed by atoms with Crippen LogP contribution in [0.3, 0.4) is 0 Å². The molecule has 0 N–H and O–H groups in total. The van der Waals surface area contributed by atoms with Crippen molar-refractivity contribution in [3.05, 3.63) is 0 Å². The van der Waals surface area contributed by atoms with E-state index < -0.39 is 8.77 Å². The van der Waals surface area contributed by atoms with E-state index in [2.05, 4.69) is 4.52 Å². The summed E-state index contributed by atoms with van der Waals surface area (Å²) in [5.74, 6) is 0.200. The van der Waals surface area contributed by atoms with Gasteiger partial charge in [0, 0.05) is 0 Å².